The lowest BCUT2D eigenvalue weighted by Crippen LogP contribution is -2.33. The molecule has 0 aliphatic carbocycles. The SMILES string of the molecule is CCCN1CCc2c(sc(N)c2C(=O)NC(C)C)C1. The number of rotatable bonds is 4. The molecule has 1 aromatic heterocycles. The van der Waals surface area contributed by atoms with Crippen molar-refractivity contribution in [1.82, 2.24) is 10.2 Å². The third-order valence-electron chi connectivity index (χ3n) is 3.35. The molecule has 0 saturated carbocycles. The fraction of sp³-hybridized carbons (Fsp3) is 0.643. The Morgan fingerprint density at radius 1 is 1.53 bits per heavy atom. The number of thiophene rings is 1. The van der Waals surface area contributed by atoms with Crippen LogP contribution in [0.25, 0.3) is 0 Å². The number of carbonyl (C=O) groups excluding carboxylic acids is 1. The normalized spacial score (nSPS) is 15.6. The quantitative estimate of drug-likeness (QED) is 0.890. The number of nitrogens with zero attached hydrogens (tertiary/aromatic N) is 1. The van der Waals surface area contributed by atoms with Gasteiger partial charge in [-0.15, -0.1) is 11.3 Å². The molecule has 1 aliphatic rings. The number of nitrogens with one attached hydrogen (secondary N) is 1. The Labute approximate surface area is 119 Å². The summed E-state index contributed by atoms with van der Waals surface area (Å²) in [6.07, 6.45) is 2.10. The maximum Gasteiger partial charge on any atom is 0.254 e. The minimum Gasteiger partial charge on any atom is -0.390 e. The first-order chi connectivity index (χ1) is 9.02. The molecular weight excluding hydrogens is 258 g/mol. The van der Waals surface area contributed by atoms with Crippen LogP contribution in [0.15, 0.2) is 0 Å². The highest BCUT2D eigenvalue weighted by molar-refractivity contribution is 7.16. The molecule has 2 heterocycles. The summed E-state index contributed by atoms with van der Waals surface area (Å²) in [5.41, 5.74) is 7.96. The summed E-state index contributed by atoms with van der Waals surface area (Å²) in [5, 5.41) is 3.61. The number of carbonyl (C=O) groups is 1. The van der Waals surface area contributed by atoms with Crippen molar-refractivity contribution >= 4 is 22.2 Å². The lowest BCUT2D eigenvalue weighted by molar-refractivity contribution is 0.0942. The highest BCUT2D eigenvalue weighted by Gasteiger charge is 2.26. The molecular formula is C14H23N3OS. The molecule has 0 spiro atoms. The van der Waals surface area contributed by atoms with Gasteiger partial charge in [0.05, 0.1) is 10.6 Å². The minimum atomic E-state index is -0.0195. The van der Waals surface area contributed by atoms with Crippen molar-refractivity contribution in [1.29, 1.82) is 0 Å². The van der Waals surface area contributed by atoms with E-state index in [0.717, 1.165) is 38.0 Å². The molecule has 1 amide bonds. The monoisotopic (exact) mass is 281 g/mol. The molecule has 2 rings (SSSR count). The van der Waals surface area contributed by atoms with Crippen molar-refractivity contribution in [3.8, 4) is 0 Å². The highest BCUT2D eigenvalue weighted by atomic mass is 32.1. The zero-order valence-electron chi connectivity index (χ0n) is 12.0. The molecule has 0 unspecified atom stereocenters. The molecule has 106 valence electrons. The maximum atomic E-state index is 12.2. The van der Waals surface area contributed by atoms with Crippen LogP contribution < -0.4 is 11.1 Å². The topological polar surface area (TPSA) is 58.4 Å². The van der Waals surface area contributed by atoms with Gasteiger partial charge in [0, 0.05) is 24.0 Å². The van der Waals surface area contributed by atoms with Crippen LogP contribution in [0.4, 0.5) is 5.00 Å². The lowest BCUT2D eigenvalue weighted by Gasteiger charge is -2.26. The smallest absolute Gasteiger partial charge is 0.254 e. The number of hydrogen-bond acceptors (Lipinski definition) is 4. The molecule has 0 radical (unpaired) electrons. The summed E-state index contributed by atoms with van der Waals surface area (Å²) in [6, 6.07) is 0.141. The fourth-order valence-electron chi connectivity index (χ4n) is 2.57. The van der Waals surface area contributed by atoms with E-state index in [2.05, 4.69) is 17.1 Å². The number of amides is 1. The zero-order chi connectivity index (χ0) is 14.0. The Balaban J connectivity index is 2.22. The second-order valence-corrected chi connectivity index (χ2v) is 6.53. The largest absolute Gasteiger partial charge is 0.390 e. The second-order valence-electron chi connectivity index (χ2n) is 5.40. The first-order valence-electron chi connectivity index (χ1n) is 6.96. The molecule has 0 fully saturated rings. The van der Waals surface area contributed by atoms with Gasteiger partial charge in [-0.3, -0.25) is 9.69 Å². The molecule has 19 heavy (non-hydrogen) atoms. The van der Waals surface area contributed by atoms with E-state index in [9.17, 15) is 4.79 Å². The van der Waals surface area contributed by atoms with E-state index < -0.39 is 0 Å². The summed E-state index contributed by atoms with van der Waals surface area (Å²) in [7, 11) is 0. The van der Waals surface area contributed by atoms with Crippen molar-refractivity contribution in [2.45, 2.75) is 46.2 Å². The van der Waals surface area contributed by atoms with Crippen molar-refractivity contribution in [2.24, 2.45) is 0 Å². The van der Waals surface area contributed by atoms with Crippen LogP contribution in [-0.4, -0.2) is 29.9 Å². The van der Waals surface area contributed by atoms with Crippen LogP contribution in [0.5, 0.6) is 0 Å². The summed E-state index contributed by atoms with van der Waals surface area (Å²) >= 11 is 1.58. The third kappa shape index (κ3) is 3.09. The van der Waals surface area contributed by atoms with E-state index in [1.165, 1.54) is 10.4 Å². The number of nitrogens with two attached hydrogens (primary N) is 1. The van der Waals surface area contributed by atoms with Gasteiger partial charge in [0.15, 0.2) is 0 Å². The Bertz CT molecular complexity index is 468. The van der Waals surface area contributed by atoms with Gasteiger partial charge in [-0.2, -0.15) is 0 Å². The minimum absolute atomic E-state index is 0.0195. The second kappa shape index (κ2) is 5.92. The van der Waals surface area contributed by atoms with E-state index in [4.69, 9.17) is 5.73 Å². The van der Waals surface area contributed by atoms with Crippen LogP contribution in [0.3, 0.4) is 0 Å². The summed E-state index contributed by atoms with van der Waals surface area (Å²) in [6.45, 7) is 9.21. The molecule has 0 atom stereocenters. The van der Waals surface area contributed by atoms with Crippen molar-refractivity contribution < 1.29 is 4.79 Å². The van der Waals surface area contributed by atoms with E-state index in [1.54, 1.807) is 11.3 Å². The van der Waals surface area contributed by atoms with Gasteiger partial charge >= 0.3 is 0 Å². The molecule has 5 heteroatoms. The zero-order valence-corrected chi connectivity index (χ0v) is 12.8. The Kier molecular flexibility index (Phi) is 4.47. The predicted octanol–water partition coefficient (Wildman–Crippen LogP) is 2.24. The summed E-state index contributed by atoms with van der Waals surface area (Å²) in [5.74, 6) is -0.0195. The number of hydrogen-bond donors (Lipinski definition) is 2. The van der Waals surface area contributed by atoms with Gasteiger partial charge < -0.3 is 11.1 Å². The van der Waals surface area contributed by atoms with Gasteiger partial charge in [0.1, 0.15) is 0 Å². The van der Waals surface area contributed by atoms with Crippen LogP contribution in [0.2, 0.25) is 0 Å². The van der Waals surface area contributed by atoms with Crippen LogP contribution in [0.1, 0.15) is 48.0 Å². The Morgan fingerprint density at radius 2 is 2.26 bits per heavy atom. The molecule has 4 nitrogen and oxygen atoms in total. The molecule has 0 aromatic carbocycles. The molecule has 0 bridgehead atoms. The number of fused-ring (bicyclic) bond motifs is 1. The Hall–Kier alpha value is -1.07. The Morgan fingerprint density at radius 3 is 2.89 bits per heavy atom. The van der Waals surface area contributed by atoms with Crippen molar-refractivity contribution in [3.63, 3.8) is 0 Å². The molecule has 0 saturated heterocycles. The molecule has 1 aromatic rings. The summed E-state index contributed by atoms with van der Waals surface area (Å²) in [4.78, 5) is 15.9. The van der Waals surface area contributed by atoms with Gasteiger partial charge in [0.2, 0.25) is 0 Å². The average molecular weight is 281 g/mol. The van der Waals surface area contributed by atoms with Crippen molar-refractivity contribution in [2.75, 3.05) is 18.8 Å². The molecule has 1 aliphatic heterocycles. The van der Waals surface area contributed by atoms with Gasteiger partial charge in [-0.1, -0.05) is 6.92 Å². The van der Waals surface area contributed by atoms with Crippen LogP contribution in [0, 0.1) is 0 Å². The highest BCUT2D eigenvalue weighted by Crippen LogP contribution is 2.35. The average Bonchev–Trinajstić information content (AvgIpc) is 2.63. The number of nitrogen functional groups attached to an aromatic ring is 1. The summed E-state index contributed by atoms with van der Waals surface area (Å²) < 4.78 is 0. The molecule has 3 N–H and O–H groups in total. The van der Waals surface area contributed by atoms with Gasteiger partial charge in [-0.05, 0) is 38.8 Å². The van der Waals surface area contributed by atoms with Crippen LogP contribution in [-0.2, 0) is 13.0 Å². The van der Waals surface area contributed by atoms with Crippen LogP contribution >= 0.6 is 11.3 Å². The first-order valence-corrected chi connectivity index (χ1v) is 7.77. The van der Waals surface area contributed by atoms with E-state index in [-0.39, 0.29) is 11.9 Å². The van der Waals surface area contributed by atoms with Gasteiger partial charge in [0.25, 0.3) is 5.91 Å². The fourth-order valence-corrected chi connectivity index (χ4v) is 3.73. The van der Waals surface area contributed by atoms with E-state index in [0.29, 0.717) is 5.00 Å². The lowest BCUT2D eigenvalue weighted by atomic mass is 10.0. The van der Waals surface area contributed by atoms with E-state index >= 15 is 0 Å². The third-order valence-corrected chi connectivity index (χ3v) is 4.40. The van der Waals surface area contributed by atoms with Crippen molar-refractivity contribution in [3.05, 3.63) is 16.0 Å². The van der Waals surface area contributed by atoms with Gasteiger partial charge in [-0.25, -0.2) is 0 Å². The number of anilines is 1. The first kappa shape index (κ1) is 14.3. The predicted molar refractivity (Wildman–Crippen MR) is 80.6 cm³/mol. The standard InChI is InChI=1S/C14H23N3OS/c1-4-6-17-7-5-10-11(8-17)19-13(15)12(10)14(18)16-9(2)3/h9H,4-8,15H2,1-3H3,(H,16,18). The maximum absolute atomic E-state index is 12.2. The van der Waals surface area contributed by atoms with E-state index in [1.807, 2.05) is 13.8 Å².